The first-order chi connectivity index (χ1) is 12.9. The van der Waals surface area contributed by atoms with Crippen molar-refractivity contribution < 1.29 is 28.1 Å². The minimum Gasteiger partial charge on any atom is -0.621 e. The molecule has 1 heterocycles. The molecule has 1 aliphatic carbocycles. The van der Waals surface area contributed by atoms with Crippen molar-refractivity contribution in [1.29, 1.82) is 0 Å². The first-order valence-electron chi connectivity index (χ1n) is 7.96. The maximum absolute atomic E-state index is 12.6. The summed E-state index contributed by atoms with van der Waals surface area (Å²) in [5, 5.41) is 11.4. The van der Waals surface area contributed by atoms with Gasteiger partial charge in [-0.15, -0.1) is 0 Å². The number of pyridine rings is 1. The zero-order valence-corrected chi connectivity index (χ0v) is 15.3. The smallest absolute Gasteiger partial charge is 0.387 e. The average molecular weight is 419 g/mol. The number of ether oxygens (including phenoxy) is 2. The Hall–Kier alpha value is -2.00. The third kappa shape index (κ3) is 4.84. The summed E-state index contributed by atoms with van der Waals surface area (Å²) in [7, 11) is 0. The first kappa shape index (κ1) is 19.8. The van der Waals surface area contributed by atoms with Crippen LogP contribution in [0, 0.1) is 11.1 Å². The van der Waals surface area contributed by atoms with Crippen molar-refractivity contribution in [3.05, 3.63) is 51.4 Å². The number of carbonyl (C=O) groups is 1. The summed E-state index contributed by atoms with van der Waals surface area (Å²) < 4.78 is 35.1. The van der Waals surface area contributed by atoms with Gasteiger partial charge in [-0.05, 0) is 30.9 Å². The van der Waals surface area contributed by atoms with Crippen molar-refractivity contribution in [2.75, 3.05) is 6.61 Å². The number of nitrogens with zero attached hydrogens (tertiary/aromatic N) is 1. The Morgan fingerprint density at radius 1 is 1.26 bits per heavy atom. The van der Waals surface area contributed by atoms with Crippen LogP contribution in [-0.4, -0.2) is 24.1 Å². The molecule has 1 aromatic heterocycles. The van der Waals surface area contributed by atoms with E-state index in [4.69, 9.17) is 27.9 Å². The van der Waals surface area contributed by atoms with Crippen LogP contribution in [0.1, 0.15) is 23.2 Å². The fourth-order valence-corrected chi connectivity index (χ4v) is 2.86. The second kappa shape index (κ2) is 8.35. The molecule has 1 amide bonds. The van der Waals surface area contributed by atoms with Gasteiger partial charge in [0.05, 0.1) is 24.6 Å². The van der Waals surface area contributed by atoms with E-state index < -0.39 is 17.6 Å². The number of alkyl halides is 2. The molecule has 6 nitrogen and oxygen atoms in total. The highest BCUT2D eigenvalue weighted by Gasteiger charge is 2.26. The molecule has 0 radical (unpaired) electrons. The second-order valence-electron chi connectivity index (χ2n) is 5.93. The molecular formula is C17H14Cl2F2N2O4. The summed E-state index contributed by atoms with van der Waals surface area (Å²) in [5.41, 5.74) is -0.233. The lowest BCUT2D eigenvalue weighted by atomic mass is 10.1. The first-order valence-corrected chi connectivity index (χ1v) is 8.72. The van der Waals surface area contributed by atoms with E-state index in [0.717, 1.165) is 18.9 Å². The quantitative estimate of drug-likeness (QED) is 0.694. The van der Waals surface area contributed by atoms with Gasteiger partial charge in [0.2, 0.25) is 0 Å². The maximum atomic E-state index is 12.6. The highest BCUT2D eigenvalue weighted by Crippen LogP contribution is 2.34. The number of amides is 1. The molecule has 1 atom stereocenters. The zero-order valence-electron chi connectivity index (χ0n) is 13.8. The monoisotopic (exact) mass is 418 g/mol. The fourth-order valence-electron chi connectivity index (χ4n) is 2.32. The number of hydroxylamine groups is 1. The molecule has 27 heavy (non-hydrogen) atoms. The molecule has 0 bridgehead atoms. The predicted molar refractivity (Wildman–Crippen MR) is 93.9 cm³/mol. The largest absolute Gasteiger partial charge is 0.621 e. The molecule has 144 valence electrons. The average Bonchev–Trinajstić information content (AvgIpc) is 3.44. The van der Waals surface area contributed by atoms with Crippen LogP contribution in [0.4, 0.5) is 14.5 Å². The topological polar surface area (TPSA) is 75.9 Å². The van der Waals surface area contributed by atoms with Gasteiger partial charge in [0.1, 0.15) is 10.0 Å². The number of nitrogens with one attached hydrogen (secondary N) is 1. The third-order valence-corrected chi connectivity index (χ3v) is 4.45. The van der Waals surface area contributed by atoms with Gasteiger partial charge in [0, 0.05) is 6.07 Å². The molecule has 1 saturated carbocycles. The molecule has 1 unspecified atom stereocenters. The summed E-state index contributed by atoms with van der Waals surface area (Å²) in [6, 6.07) is 3.55. The van der Waals surface area contributed by atoms with Crippen molar-refractivity contribution in [3.8, 4) is 11.5 Å². The summed E-state index contributed by atoms with van der Waals surface area (Å²) in [6.07, 6.45) is 4.36. The van der Waals surface area contributed by atoms with Gasteiger partial charge in [0.25, 0.3) is 0 Å². The van der Waals surface area contributed by atoms with Gasteiger partial charge in [0.15, 0.2) is 17.2 Å². The van der Waals surface area contributed by atoms with Crippen LogP contribution >= 0.6 is 23.2 Å². The van der Waals surface area contributed by atoms with E-state index in [1.165, 1.54) is 24.5 Å². The maximum Gasteiger partial charge on any atom is 0.387 e. The molecule has 0 saturated heterocycles. The minimum absolute atomic E-state index is 0.0345. The lowest BCUT2D eigenvalue weighted by Crippen LogP contribution is -3.05. The van der Waals surface area contributed by atoms with Crippen LogP contribution in [0.15, 0.2) is 30.6 Å². The van der Waals surface area contributed by atoms with Gasteiger partial charge in [-0.25, -0.2) is 4.79 Å². The summed E-state index contributed by atoms with van der Waals surface area (Å²) >= 11 is 11.8. The van der Waals surface area contributed by atoms with Crippen molar-refractivity contribution >= 4 is 34.8 Å². The molecule has 1 fully saturated rings. The Balaban J connectivity index is 1.87. The van der Waals surface area contributed by atoms with Crippen LogP contribution in [0.2, 0.25) is 10.0 Å². The van der Waals surface area contributed by atoms with E-state index in [2.05, 4.69) is 9.72 Å². The highest BCUT2D eigenvalue weighted by molar-refractivity contribution is 6.38. The molecule has 1 aliphatic rings. The van der Waals surface area contributed by atoms with Crippen LogP contribution in [0.5, 0.6) is 11.5 Å². The van der Waals surface area contributed by atoms with E-state index in [1.54, 1.807) is 0 Å². The molecular weight excluding hydrogens is 405 g/mol. The number of hydrogen-bond donors (Lipinski definition) is 1. The van der Waals surface area contributed by atoms with Gasteiger partial charge < -0.3 is 14.7 Å². The Morgan fingerprint density at radius 3 is 2.52 bits per heavy atom. The second-order valence-corrected chi connectivity index (χ2v) is 6.75. The summed E-state index contributed by atoms with van der Waals surface area (Å²) in [4.78, 5) is 16.3. The Kier molecular flexibility index (Phi) is 6.11. The van der Waals surface area contributed by atoms with E-state index in [1.807, 2.05) is 0 Å². The summed E-state index contributed by atoms with van der Waals surface area (Å²) in [6.45, 7) is -2.74. The predicted octanol–water partition coefficient (Wildman–Crippen LogP) is 3.63. The number of quaternary nitrogens is 1. The van der Waals surface area contributed by atoms with E-state index in [9.17, 15) is 18.8 Å². The Bertz CT molecular complexity index is 829. The minimum atomic E-state index is -3.05. The van der Waals surface area contributed by atoms with Crippen molar-refractivity contribution in [2.45, 2.75) is 19.5 Å². The van der Waals surface area contributed by atoms with Gasteiger partial charge in [-0.2, -0.15) is 8.78 Å². The molecule has 2 aromatic rings. The van der Waals surface area contributed by atoms with Crippen molar-refractivity contribution in [1.82, 2.24) is 4.98 Å². The summed E-state index contributed by atoms with van der Waals surface area (Å²) in [5.74, 6) is -0.813. The molecule has 1 N–H and O–H groups in total. The molecule has 10 heteroatoms. The standard InChI is InChI=1S/C17H14Cl2F2N2O4/c18-11-6-22-7-12(19)15(11)23(25)16(24)10-3-4-13(27-17(20)21)14(5-10)26-8-9-1-2-9/h3-7,9,17,23H,1-2,8H2. The van der Waals surface area contributed by atoms with E-state index in [-0.39, 0.29) is 32.8 Å². The lowest BCUT2D eigenvalue weighted by molar-refractivity contribution is -0.679. The van der Waals surface area contributed by atoms with Crippen LogP contribution < -0.4 is 14.5 Å². The van der Waals surface area contributed by atoms with Crippen LogP contribution in [-0.2, 0) is 0 Å². The highest BCUT2D eigenvalue weighted by atomic mass is 35.5. The number of benzene rings is 1. The molecule has 0 aliphatic heterocycles. The zero-order chi connectivity index (χ0) is 19.6. The Morgan fingerprint density at radius 2 is 1.93 bits per heavy atom. The van der Waals surface area contributed by atoms with Gasteiger partial charge in [-0.1, -0.05) is 23.2 Å². The lowest BCUT2D eigenvalue weighted by Gasteiger charge is -2.21. The third-order valence-electron chi connectivity index (χ3n) is 3.88. The Labute approximate surface area is 163 Å². The number of hydrogen-bond acceptors (Lipinski definition) is 5. The molecule has 1 aromatic carbocycles. The van der Waals surface area contributed by atoms with Gasteiger partial charge in [-0.3, -0.25) is 10.0 Å². The van der Waals surface area contributed by atoms with Crippen LogP contribution in [0.3, 0.4) is 0 Å². The van der Waals surface area contributed by atoms with E-state index >= 15 is 0 Å². The fraction of sp³-hybridized carbons (Fsp3) is 0.294. The number of carbonyl (C=O) groups excluding carboxylic acids is 1. The number of rotatable bonds is 7. The molecule has 0 spiro atoms. The normalized spacial score (nSPS) is 14.9. The number of halogens is 4. The van der Waals surface area contributed by atoms with Crippen LogP contribution in [0.25, 0.3) is 0 Å². The molecule has 3 rings (SSSR count). The van der Waals surface area contributed by atoms with Crippen molar-refractivity contribution in [3.63, 3.8) is 0 Å². The number of aromatic nitrogens is 1. The van der Waals surface area contributed by atoms with Gasteiger partial charge >= 0.3 is 12.5 Å². The van der Waals surface area contributed by atoms with Crippen molar-refractivity contribution in [2.24, 2.45) is 5.92 Å². The van der Waals surface area contributed by atoms with E-state index in [0.29, 0.717) is 12.5 Å². The SMILES string of the molecule is O=C(c1ccc(OC(F)F)c(OCC2CC2)c1)[NH+]([O-])c1c(Cl)cncc1Cl.